The number of benzene rings is 2. The molecule has 0 unspecified atom stereocenters. The smallest absolute Gasteiger partial charge is 0.406 e. The predicted molar refractivity (Wildman–Crippen MR) is 145 cm³/mol. The summed E-state index contributed by atoms with van der Waals surface area (Å²) in [7, 11) is 0. The third-order valence-electron chi connectivity index (χ3n) is 7.12. The van der Waals surface area contributed by atoms with Crippen LogP contribution in [0.3, 0.4) is 0 Å². The summed E-state index contributed by atoms with van der Waals surface area (Å²) in [6, 6.07) is 12.8. The summed E-state index contributed by atoms with van der Waals surface area (Å²) in [6.07, 6.45) is -8.29. The number of aryl methyl sites for hydroxylation is 1. The fourth-order valence-electron chi connectivity index (χ4n) is 5.16. The van der Waals surface area contributed by atoms with Gasteiger partial charge in [-0.05, 0) is 73.5 Å². The number of anilines is 2. The number of amides is 1. The SMILES string of the molecule is Cc1ccn2nc(C(F)(F)F)c(C(=O)NCc3ccc(N4CCN(c5ccc(OC(F)(F)F)cc5)[C@@H](C)C4)c(F)c3)c2c1. The molecule has 1 aliphatic heterocycles. The summed E-state index contributed by atoms with van der Waals surface area (Å²) in [5.41, 5.74) is 0.0974. The Balaban J connectivity index is 1.24. The number of hydrogen-bond donors (Lipinski definition) is 1. The van der Waals surface area contributed by atoms with Gasteiger partial charge in [0.1, 0.15) is 11.6 Å². The average Bonchev–Trinajstić information content (AvgIpc) is 3.31. The molecule has 3 heterocycles. The van der Waals surface area contributed by atoms with Gasteiger partial charge in [0.2, 0.25) is 0 Å². The number of nitrogens with one attached hydrogen (secondary N) is 1. The van der Waals surface area contributed by atoms with E-state index in [4.69, 9.17) is 0 Å². The first-order valence-corrected chi connectivity index (χ1v) is 13.2. The number of aromatic nitrogens is 2. The molecule has 0 bridgehead atoms. The van der Waals surface area contributed by atoms with E-state index in [1.54, 1.807) is 25.1 Å². The van der Waals surface area contributed by atoms with Gasteiger partial charge in [-0.1, -0.05) is 6.07 Å². The molecule has 0 aliphatic carbocycles. The highest BCUT2D eigenvalue weighted by molar-refractivity contribution is 6.02. The normalized spacial score (nSPS) is 16.1. The van der Waals surface area contributed by atoms with Gasteiger partial charge in [0.15, 0.2) is 5.69 Å². The molecular formula is C29H26F7N5O2. The lowest BCUT2D eigenvalue weighted by molar-refractivity contribution is -0.274. The van der Waals surface area contributed by atoms with Crippen molar-refractivity contribution in [2.45, 2.75) is 39.0 Å². The van der Waals surface area contributed by atoms with E-state index in [-0.39, 0.29) is 23.9 Å². The van der Waals surface area contributed by atoms with E-state index in [1.807, 2.05) is 16.7 Å². The van der Waals surface area contributed by atoms with Gasteiger partial charge in [-0.15, -0.1) is 13.2 Å². The summed E-state index contributed by atoms with van der Waals surface area (Å²) < 4.78 is 98.4. The summed E-state index contributed by atoms with van der Waals surface area (Å²) in [6.45, 7) is 4.69. The number of hydrogen-bond acceptors (Lipinski definition) is 5. The van der Waals surface area contributed by atoms with E-state index in [0.717, 1.165) is 4.52 Å². The van der Waals surface area contributed by atoms with Gasteiger partial charge in [0, 0.05) is 44.1 Å². The zero-order valence-corrected chi connectivity index (χ0v) is 22.9. The van der Waals surface area contributed by atoms with Gasteiger partial charge in [-0.3, -0.25) is 4.79 Å². The van der Waals surface area contributed by atoms with Crippen LogP contribution in [-0.4, -0.2) is 47.6 Å². The highest BCUT2D eigenvalue weighted by Crippen LogP contribution is 2.34. The Hall–Kier alpha value is -4.49. The predicted octanol–water partition coefficient (Wildman–Crippen LogP) is 6.34. The molecule has 1 aliphatic rings. The van der Waals surface area contributed by atoms with Gasteiger partial charge in [-0.25, -0.2) is 8.91 Å². The van der Waals surface area contributed by atoms with E-state index in [0.29, 0.717) is 42.1 Å². The maximum Gasteiger partial charge on any atom is 0.573 e. The summed E-state index contributed by atoms with van der Waals surface area (Å²) in [5, 5.41) is 5.99. The van der Waals surface area contributed by atoms with Crippen LogP contribution in [0.25, 0.3) is 5.52 Å². The van der Waals surface area contributed by atoms with Crippen LogP contribution >= 0.6 is 0 Å². The van der Waals surface area contributed by atoms with Crippen molar-refractivity contribution in [1.29, 1.82) is 0 Å². The minimum absolute atomic E-state index is 0.00481. The van der Waals surface area contributed by atoms with Crippen LogP contribution in [-0.2, 0) is 12.7 Å². The van der Waals surface area contributed by atoms with E-state index in [9.17, 15) is 31.1 Å². The van der Waals surface area contributed by atoms with Gasteiger partial charge >= 0.3 is 12.5 Å². The van der Waals surface area contributed by atoms with Gasteiger partial charge in [0.05, 0.1) is 16.8 Å². The van der Waals surface area contributed by atoms with Crippen molar-refractivity contribution in [1.82, 2.24) is 14.9 Å². The Labute approximate surface area is 241 Å². The zero-order valence-electron chi connectivity index (χ0n) is 22.9. The Bertz CT molecular complexity index is 1630. The number of piperazine rings is 1. The molecule has 4 aromatic rings. The molecule has 1 amide bonds. The number of halogens is 7. The number of pyridine rings is 1. The van der Waals surface area contributed by atoms with Crippen LogP contribution in [0.4, 0.5) is 42.1 Å². The third kappa shape index (κ3) is 6.62. The van der Waals surface area contributed by atoms with Crippen molar-refractivity contribution < 1.29 is 40.3 Å². The standard InChI is InChI=1S/C29H26F7N5O2/c1-17-9-10-41-24(13-17)25(26(38-41)28(31,32)33)27(42)37-15-19-3-8-23(22(30)14-19)39-11-12-40(18(2)16-39)20-4-6-21(7-5-20)43-29(34,35)36/h3-10,13-14,18H,11-12,15-16H2,1-2H3,(H,37,42)/t18-/m0/s1. The molecule has 14 heteroatoms. The maximum atomic E-state index is 15.2. The van der Waals surface area contributed by atoms with Crippen molar-refractivity contribution in [3.8, 4) is 5.75 Å². The van der Waals surface area contributed by atoms with Crippen LogP contribution in [0.5, 0.6) is 5.75 Å². The molecule has 1 fully saturated rings. The number of rotatable bonds is 6. The van der Waals surface area contributed by atoms with Crippen molar-refractivity contribution >= 4 is 22.8 Å². The van der Waals surface area contributed by atoms with E-state index >= 15 is 4.39 Å². The first-order valence-electron chi connectivity index (χ1n) is 13.2. The number of ether oxygens (including phenoxy) is 1. The second-order valence-corrected chi connectivity index (χ2v) is 10.3. The van der Waals surface area contributed by atoms with Crippen LogP contribution < -0.4 is 19.9 Å². The number of nitrogens with zero attached hydrogens (tertiary/aromatic N) is 4. The molecular weight excluding hydrogens is 583 g/mol. The number of alkyl halides is 6. The molecule has 43 heavy (non-hydrogen) atoms. The van der Waals surface area contributed by atoms with Gasteiger partial charge in [0.25, 0.3) is 5.91 Å². The first-order chi connectivity index (χ1) is 20.2. The lowest BCUT2D eigenvalue weighted by atomic mass is 10.1. The van der Waals surface area contributed by atoms with Crippen molar-refractivity contribution in [2.24, 2.45) is 0 Å². The number of carbonyl (C=O) groups is 1. The summed E-state index contributed by atoms with van der Waals surface area (Å²) >= 11 is 0. The van der Waals surface area contributed by atoms with Crippen LogP contribution in [0, 0.1) is 12.7 Å². The average molecular weight is 610 g/mol. The monoisotopic (exact) mass is 609 g/mol. The molecule has 0 saturated carbocycles. The molecule has 5 rings (SSSR count). The Kier molecular flexibility index (Phi) is 7.88. The lowest BCUT2D eigenvalue weighted by Crippen LogP contribution is -2.52. The largest absolute Gasteiger partial charge is 0.573 e. The van der Waals surface area contributed by atoms with E-state index < -0.39 is 35.5 Å². The second-order valence-electron chi connectivity index (χ2n) is 10.3. The fourth-order valence-corrected chi connectivity index (χ4v) is 5.16. The number of fused-ring (bicyclic) bond motifs is 1. The summed E-state index contributed by atoms with van der Waals surface area (Å²) in [4.78, 5) is 16.7. The topological polar surface area (TPSA) is 62.1 Å². The van der Waals surface area contributed by atoms with Crippen LogP contribution in [0.1, 0.15) is 34.1 Å². The van der Waals surface area contributed by atoms with Crippen molar-refractivity contribution in [2.75, 3.05) is 29.4 Å². The van der Waals surface area contributed by atoms with Gasteiger partial charge in [-0.2, -0.15) is 18.3 Å². The Morgan fingerprint density at radius 2 is 1.74 bits per heavy atom. The first kappa shape index (κ1) is 30.0. The van der Waals surface area contributed by atoms with Crippen LogP contribution in [0.2, 0.25) is 0 Å². The highest BCUT2D eigenvalue weighted by Gasteiger charge is 2.40. The summed E-state index contributed by atoms with van der Waals surface area (Å²) in [5.74, 6) is -1.88. The molecule has 1 saturated heterocycles. The zero-order chi connectivity index (χ0) is 31.1. The number of carbonyl (C=O) groups excluding carboxylic acids is 1. The molecule has 7 nitrogen and oxygen atoms in total. The van der Waals surface area contributed by atoms with Gasteiger partial charge < -0.3 is 19.9 Å². The molecule has 1 N–H and O–H groups in total. The Morgan fingerprint density at radius 3 is 2.37 bits per heavy atom. The molecule has 1 atom stereocenters. The minimum atomic E-state index is -4.85. The Morgan fingerprint density at radius 1 is 1.02 bits per heavy atom. The van der Waals surface area contributed by atoms with E-state index in [1.165, 1.54) is 42.6 Å². The quantitative estimate of drug-likeness (QED) is 0.259. The van der Waals surface area contributed by atoms with Crippen LogP contribution in [0.15, 0.2) is 60.8 Å². The maximum absolute atomic E-state index is 15.2. The van der Waals surface area contributed by atoms with Crippen molar-refractivity contribution in [3.05, 3.63) is 89.0 Å². The second kappa shape index (κ2) is 11.3. The lowest BCUT2D eigenvalue weighted by Gasteiger charge is -2.42. The molecule has 0 radical (unpaired) electrons. The third-order valence-corrected chi connectivity index (χ3v) is 7.12. The molecule has 2 aromatic carbocycles. The fraction of sp³-hybridized carbons (Fsp3) is 0.310. The minimum Gasteiger partial charge on any atom is -0.406 e. The molecule has 0 spiro atoms. The molecule has 2 aromatic heterocycles. The van der Waals surface area contributed by atoms with Crippen molar-refractivity contribution in [3.63, 3.8) is 0 Å². The highest BCUT2D eigenvalue weighted by atomic mass is 19.4. The molecule has 228 valence electrons. The van der Waals surface area contributed by atoms with E-state index in [2.05, 4.69) is 15.2 Å².